The minimum atomic E-state index is -3.95. The SMILES string of the molecule is O=S(=O)(O)CCc1ncc(Cl)cn1. The van der Waals surface area contributed by atoms with Crippen molar-refractivity contribution in [2.45, 2.75) is 6.42 Å². The van der Waals surface area contributed by atoms with Gasteiger partial charge in [0.25, 0.3) is 10.1 Å². The average molecular weight is 223 g/mol. The van der Waals surface area contributed by atoms with E-state index in [2.05, 4.69) is 9.97 Å². The molecule has 0 saturated carbocycles. The molecule has 0 bridgehead atoms. The highest BCUT2D eigenvalue weighted by molar-refractivity contribution is 7.85. The molecule has 1 rings (SSSR count). The van der Waals surface area contributed by atoms with Crippen LogP contribution in [0.15, 0.2) is 12.4 Å². The van der Waals surface area contributed by atoms with Crippen molar-refractivity contribution in [2.75, 3.05) is 5.75 Å². The first-order valence-corrected chi connectivity index (χ1v) is 5.38. The summed E-state index contributed by atoms with van der Waals surface area (Å²) >= 11 is 5.51. The Kier molecular flexibility index (Phi) is 3.18. The maximum Gasteiger partial charge on any atom is 0.265 e. The van der Waals surface area contributed by atoms with Crippen molar-refractivity contribution in [3.8, 4) is 0 Å². The molecule has 1 aromatic rings. The highest BCUT2D eigenvalue weighted by atomic mass is 35.5. The first-order chi connectivity index (χ1) is 5.97. The fourth-order valence-corrected chi connectivity index (χ4v) is 1.23. The first kappa shape index (κ1) is 10.4. The molecule has 0 saturated heterocycles. The van der Waals surface area contributed by atoms with E-state index in [4.69, 9.17) is 16.2 Å². The molecule has 72 valence electrons. The summed E-state index contributed by atoms with van der Waals surface area (Å²) in [4.78, 5) is 7.53. The highest BCUT2D eigenvalue weighted by Gasteiger charge is 2.06. The summed E-state index contributed by atoms with van der Waals surface area (Å²) in [5.41, 5.74) is 0. The van der Waals surface area contributed by atoms with E-state index in [0.717, 1.165) is 0 Å². The van der Waals surface area contributed by atoms with Gasteiger partial charge in [0.2, 0.25) is 0 Å². The van der Waals surface area contributed by atoms with Crippen LogP contribution in [0.5, 0.6) is 0 Å². The van der Waals surface area contributed by atoms with E-state index in [1.165, 1.54) is 12.4 Å². The van der Waals surface area contributed by atoms with Crippen LogP contribution >= 0.6 is 11.6 Å². The van der Waals surface area contributed by atoms with Crippen LogP contribution in [0.25, 0.3) is 0 Å². The fraction of sp³-hybridized carbons (Fsp3) is 0.333. The van der Waals surface area contributed by atoms with Gasteiger partial charge in [0.1, 0.15) is 5.82 Å². The Hall–Kier alpha value is -0.720. The molecule has 0 aliphatic carbocycles. The van der Waals surface area contributed by atoms with Crippen LogP contribution in [0.3, 0.4) is 0 Å². The first-order valence-electron chi connectivity index (χ1n) is 3.39. The minimum absolute atomic E-state index is 0.0794. The molecule has 0 spiro atoms. The average Bonchev–Trinajstić information content (AvgIpc) is 2.02. The van der Waals surface area contributed by atoms with E-state index in [0.29, 0.717) is 10.8 Å². The standard InChI is InChI=1S/C6H7ClN2O3S/c7-5-3-8-6(9-4-5)1-2-13(10,11)12/h3-4H,1-2H2,(H,10,11,12). The Morgan fingerprint density at radius 1 is 1.38 bits per heavy atom. The molecule has 0 aliphatic rings. The second-order valence-electron chi connectivity index (χ2n) is 2.35. The van der Waals surface area contributed by atoms with Crippen LogP contribution in [0.4, 0.5) is 0 Å². The molecule has 1 aromatic heterocycles. The van der Waals surface area contributed by atoms with Crippen molar-refractivity contribution in [2.24, 2.45) is 0 Å². The molecule has 13 heavy (non-hydrogen) atoms. The van der Waals surface area contributed by atoms with Gasteiger partial charge in [-0.15, -0.1) is 0 Å². The van der Waals surface area contributed by atoms with Crippen LogP contribution in [0, 0.1) is 0 Å². The smallest absolute Gasteiger partial charge is 0.265 e. The second kappa shape index (κ2) is 3.99. The molecule has 1 N–H and O–H groups in total. The van der Waals surface area contributed by atoms with E-state index in [1.54, 1.807) is 0 Å². The number of hydrogen-bond acceptors (Lipinski definition) is 4. The van der Waals surface area contributed by atoms with Gasteiger partial charge in [0, 0.05) is 18.8 Å². The highest BCUT2D eigenvalue weighted by Crippen LogP contribution is 2.03. The van der Waals surface area contributed by atoms with E-state index in [9.17, 15) is 8.42 Å². The molecular weight excluding hydrogens is 216 g/mol. The van der Waals surface area contributed by atoms with Crippen molar-refractivity contribution >= 4 is 21.7 Å². The monoisotopic (exact) mass is 222 g/mol. The molecule has 7 heteroatoms. The minimum Gasteiger partial charge on any atom is -0.286 e. The summed E-state index contributed by atoms with van der Waals surface area (Å²) in [5.74, 6) is -0.0451. The third-order valence-electron chi connectivity index (χ3n) is 1.26. The second-order valence-corrected chi connectivity index (χ2v) is 4.36. The lowest BCUT2D eigenvalue weighted by Crippen LogP contribution is -2.08. The summed E-state index contributed by atoms with van der Waals surface area (Å²) in [7, 11) is -3.95. The summed E-state index contributed by atoms with van der Waals surface area (Å²) in [6.45, 7) is 0. The van der Waals surface area contributed by atoms with Crippen molar-refractivity contribution < 1.29 is 13.0 Å². The molecule has 0 atom stereocenters. The molecule has 0 fully saturated rings. The Bertz CT molecular complexity index is 375. The third kappa shape index (κ3) is 4.16. The summed E-state index contributed by atoms with van der Waals surface area (Å²) in [6.07, 6.45) is 2.82. The lowest BCUT2D eigenvalue weighted by atomic mass is 10.4. The zero-order valence-corrected chi connectivity index (χ0v) is 8.09. The number of nitrogens with zero attached hydrogens (tertiary/aromatic N) is 2. The Morgan fingerprint density at radius 3 is 2.38 bits per heavy atom. The zero-order valence-electron chi connectivity index (χ0n) is 6.51. The van der Waals surface area contributed by atoms with Crippen molar-refractivity contribution in [3.05, 3.63) is 23.2 Å². The Labute approximate surface area is 80.5 Å². The van der Waals surface area contributed by atoms with Crippen molar-refractivity contribution in [1.82, 2.24) is 9.97 Å². The molecule has 0 aliphatic heterocycles. The molecule has 0 radical (unpaired) electrons. The maximum absolute atomic E-state index is 10.3. The molecule has 0 amide bonds. The summed E-state index contributed by atoms with van der Waals surface area (Å²) in [6, 6.07) is 0. The Balaban J connectivity index is 2.61. The van der Waals surface area contributed by atoms with Gasteiger partial charge in [0.05, 0.1) is 10.8 Å². The third-order valence-corrected chi connectivity index (χ3v) is 2.17. The lowest BCUT2D eigenvalue weighted by molar-refractivity contribution is 0.482. The van der Waals surface area contributed by atoms with Gasteiger partial charge < -0.3 is 0 Å². The van der Waals surface area contributed by atoms with Gasteiger partial charge in [0.15, 0.2) is 0 Å². The van der Waals surface area contributed by atoms with Crippen molar-refractivity contribution in [3.63, 3.8) is 0 Å². The molecule has 5 nitrogen and oxygen atoms in total. The summed E-state index contributed by atoms with van der Waals surface area (Å²) in [5, 5.41) is 0.385. The fourth-order valence-electron chi connectivity index (χ4n) is 0.688. The maximum atomic E-state index is 10.3. The quantitative estimate of drug-likeness (QED) is 0.756. The van der Waals surface area contributed by atoms with Crippen LogP contribution in [-0.4, -0.2) is 28.7 Å². The topological polar surface area (TPSA) is 80.2 Å². The van der Waals surface area contributed by atoms with Gasteiger partial charge in [-0.2, -0.15) is 8.42 Å². The lowest BCUT2D eigenvalue weighted by Gasteiger charge is -1.96. The van der Waals surface area contributed by atoms with Crippen LogP contribution < -0.4 is 0 Å². The number of aromatic nitrogens is 2. The Morgan fingerprint density at radius 2 is 1.92 bits per heavy atom. The number of halogens is 1. The van der Waals surface area contributed by atoms with Gasteiger partial charge in [-0.05, 0) is 0 Å². The largest absolute Gasteiger partial charge is 0.286 e. The van der Waals surface area contributed by atoms with E-state index in [-0.39, 0.29) is 12.2 Å². The predicted octanol–water partition coefficient (Wildman–Crippen LogP) is 0.560. The normalized spacial score (nSPS) is 11.5. The van der Waals surface area contributed by atoms with Gasteiger partial charge in [-0.1, -0.05) is 11.6 Å². The number of hydrogen-bond donors (Lipinski definition) is 1. The van der Waals surface area contributed by atoms with Crippen LogP contribution in [0.2, 0.25) is 5.02 Å². The van der Waals surface area contributed by atoms with E-state index >= 15 is 0 Å². The van der Waals surface area contributed by atoms with E-state index in [1.807, 2.05) is 0 Å². The number of aryl methyl sites for hydroxylation is 1. The van der Waals surface area contributed by atoms with Crippen molar-refractivity contribution in [1.29, 1.82) is 0 Å². The van der Waals surface area contributed by atoms with Gasteiger partial charge in [-0.25, -0.2) is 9.97 Å². The molecule has 0 unspecified atom stereocenters. The number of rotatable bonds is 3. The predicted molar refractivity (Wildman–Crippen MR) is 47.2 cm³/mol. The van der Waals surface area contributed by atoms with Gasteiger partial charge >= 0.3 is 0 Å². The van der Waals surface area contributed by atoms with Gasteiger partial charge in [-0.3, -0.25) is 4.55 Å². The van der Waals surface area contributed by atoms with E-state index < -0.39 is 10.1 Å². The van der Waals surface area contributed by atoms with Crippen LogP contribution in [-0.2, 0) is 16.5 Å². The molecular formula is C6H7ClN2O3S. The van der Waals surface area contributed by atoms with Crippen LogP contribution in [0.1, 0.15) is 5.82 Å². The molecule has 1 heterocycles. The summed E-state index contributed by atoms with van der Waals surface area (Å²) < 4.78 is 29.1. The molecule has 0 aromatic carbocycles. The zero-order chi connectivity index (χ0) is 9.90.